The van der Waals surface area contributed by atoms with Crippen LogP contribution in [0.5, 0.6) is 0 Å². The first-order chi connectivity index (χ1) is 5.99. The molecule has 0 saturated carbocycles. The number of nitrogens with two attached hydrogens (primary N) is 2. The van der Waals surface area contributed by atoms with Gasteiger partial charge in [0.1, 0.15) is 0 Å². The number of carbonyl (C=O) groups is 1. The van der Waals surface area contributed by atoms with Crippen molar-refractivity contribution in [3.8, 4) is 0 Å². The minimum Gasteiger partial charge on any atom is -0.368 e. The van der Waals surface area contributed by atoms with Gasteiger partial charge in [-0.05, 0) is 26.8 Å². The summed E-state index contributed by atoms with van der Waals surface area (Å²) < 4.78 is 0. The second-order valence-electron chi connectivity index (χ2n) is 3.54. The molecule has 0 aromatic carbocycles. The predicted octanol–water partition coefficient (Wildman–Crippen LogP) is -0.0806. The Morgan fingerprint density at radius 1 is 1.54 bits per heavy atom. The highest BCUT2D eigenvalue weighted by molar-refractivity contribution is 5.79. The van der Waals surface area contributed by atoms with Crippen molar-refractivity contribution < 1.29 is 4.79 Å². The standard InChI is InChI=1S/C9H21N3O/c1-4-7(2)12(3)6-5-8(10)9(11)13/h7-8H,4-6,10H2,1-3H3,(H2,11,13). The van der Waals surface area contributed by atoms with E-state index < -0.39 is 11.9 Å². The van der Waals surface area contributed by atoms with Crippen molar-refractivity contribution in [3.63, 3.8) is 0 Å². The quantitative estimate of drug-likeness (QED) is 0.611. The molecule has 0 radical (unpaired) electrons. The van der Waals surface area contributed by atoms with Gasteiger partial charge < -0.3 is 16.4 Å². The number of carbonyl (C=O) groups excluding carboxylic acids is 1. The van der Waals surface area contributed by atoms with E-state index in [4.69, 9.17) is 11.5 Å². The fourth-order valence-corrected chi connectivity index (χ4v) is 1.02. The van der Waals surface area contributed by atoms with Crippen LogP contribution < -0.4 is 11.5 Å². The van der Waals surface area contributed by atoms with Crippen LogP contribution in [0.4, 0.5) is 0 Å². The van der Waals surface area contributed by atoms with Gasteiger partial charge in [0.15, 0.2) is 0 Å². The van der Waals surface area contributed by atoms with Gasteiger partial charge in [-0.2, -0.15) is 0 Å². The zero-order chi connectivity index (χ0) is 10.4. The Balaban J connectivity index is 3.69. The minimum atomic E-state index is -0.508. The maximum Gasteiger partial charge on any atom is 0.234 e. The molecule has 1 amide bonds. The van der Waals surface area contributed by atoms with Crippen LogP contribution >= 0.6 is 0 Å². The van der Waals surface area contributed by atoms with E-state index in [9.17, 15) is 4.79 Å². The van der Waals surface area contributed by atoms with Crippen molar-refractivity contribution in [2.24, 2.45) is 11.5 Å². The molecule has 0 aromatic heterocycles. The summed E-state index contributed by atoms with van der Waals surface area (Å²) >= 11 is 0. The number of rotatable bonds is 6. The molecule has 0 saturated heterocycles. The van der Waals surface area contributed by atoms with E-state index >= 15 is 0 Å². The lowest BCUT2D eigenvalue weighted by Gasteiger charge is -2.24. The maximum absolute atomic E-state index is 10.6. The summed E-state index contributed by atoms with van der Waals surface area (Å²) in [6, 6.07) is 0.0200. The SMILES string of the molecule is CCC(C)N(C)CCC(N)C(N)=O. The number of hydrogen-bond donors (Lipinski definition) is 2. The van der Waals surface area contributed by atoms with Gasteiger partial charge in [-0.3, -0.25) is 4.79 Å². The smallest absolute Gasteiger partial charge is 0.234 e. The summed E-state index contributed by atoms with van der Waals surface area (Å²) in [6.07, 6.45) is 1.73. The molecule has 0 heterocycles. The Morgan fingerprint density at radius 2 is 2.08 bits per heavy atom. The lowest BCUT2D eigenvalue weighted by molar-refractivity contribution is -0.119. The average molecular weight is 187 g/mol. The molecule has 0 spiro atoms. The number of nitrogens with zero attached hydrogens (tertiary/aromatic N) is 1. The Kier molecular flexibility index (Phi) is 5.66. The van der Waals surface area contributed by atoms with Crippen LogP contribution in [0.25, 0.3) is 0 Å². The monoisotopic (exact) mass is 187 g/mol. The molecule has 0 bridgehead atoms. The third-order valence-electron chi connectivity index (χ3n) is 2.50. The summed E-state index contributed by atoms with van der Waals surface area (Å²) in [7, 11) is 2.03. The van der Waals surface area contributed by atoms with E-state index in [0.717, 1.165) is 13.0 Å². The summed E-state index contributed by atoms with van der Waals surface area (Å²) in [5.74, 6) is -0.419. The molecule has 0 fully saturated rings. The van der Waals surface area contributed by atoms with Gasteiger partial charge in [0.2, 0.25) is 5.91 Å². The number of amides is 1. The number of primary amides is 1. The molecule has 4 nitrogen and oxygen atoms in total. The molecular weight excluding hydrogens is 166 g/mol. The molecule has 0 aliphatic heterocycles. The Bertz CT molecular complexity index is 161. The van der Waals surface area contributed by atoms with Gasteiger partial charge in [0.25, 0.3) is 0 Å². The highest BCUT2D eigenvalue weighted by Gasteiger charge is 2.12. The van der Waals surface area contributed by atoms with Crippen molar-refractivity contribution in [1.82, 2.24) is 4.90 Å². The molecule has 2 unspecified atom stereocenters. The van der Waals surface area contributed by atoms with E-state index in [1.165, 1.54) is 0 Å². The molecule has 0 rings (SSSR count). The lowest BCUT2D eigenvalue weighted by atomic mass is 10.1. The van der Waals surface area contributed by atoms with Crippen molar-refractivity contribution in [2.75, 3.05) is 13.6 Å². The molecule has 4 heteroatoms. The van der Waals surface area contributed by atoms with E-state index in [-0.39, 0.29) is 0 Å². The Labute approximate surface area is 80.3 Å². The van der Waals surface area contributed by atoms with E-state index in [1.54, 1.807) is 0 Å². The molecular formula is C9H21N3O. The van der Waals surface area contributed by atoms with E-state index in [1.807, 2.05) is 7.05 Å². The first-order valence-electron chi connectivity index (χ1n) is 4.74. The summed E-state index contributed by atoms with van der Waals surface area (Å²) in [5, 5.41) is 0. The zero-order valence-electron chi connectivity index (χ0n) is 8.79. The summed E-state index contributed by atoms with van der Waals surface area (Å²) in [4.78, 5) is 12.8. The predicted molar refractivity (Wildman–Crippen MR) is 54.2 cm³/mol. The second kappa shape index (κ2) is 5.94. The van der Waals surface area contributed by atoms with Gasteiger partial charge in [-0.15, -0.1) is 0 Å². The molecule has 78 valence electrons. The van der Waals surface area contributed by atoms with Crippen LogP contribution in [-0.4, -0.2) is 36.5 Å². The maximum atomic E-state index is 10.6. The Hall–Kier alpha value is -0.610. The van der Waals surface area contributed by atoms with Crippen molar-refractivity contribution in [2.45, 2.75) is 38.8 Å². The average Bonchev–Trinajstić information content (AvgIpc) is 2.11. The van der Waals surface area contributed by atoms with Gasteiger partial charge in [0.05, 0.1) is 6.04 Å². The first kappa shape index (κ1) is 12.4. The molecule has 0 aromatic rings. The van der Waals surface area contributed by atoms with Gasteiger partial charge >= 0.3 is 0 Å². The summed E-state index contributed by atoms with van der Waals surface area (Å²) in [5.41, 5.74) is 10.6. The first-order valence-corrected chi connectivity index (χ1v) is 4.74. The van der Waals surface area contributed by atoms with Gasteiger partial charge in [0, 0.05) is 12.6 Å². The second-order valence-corrected chi connectivity index (χ2v) is 3.54. The zero-order valence-corrected chi connectivity index (χ0v) is 8.79. The largest absolute Gasteiger partial charge is 0.368 e. The molecule has 0 aliphatic rings. The van der Waals surface area contributed by atoms with E-state index in [2.05, 4.69) is 18.7 Å². The van der Waals surface area contributed by atoms with Crippen molar-refractivity contribution >= 4 is 5.91 Å². The fraction of sp³-hybridized carbons (Fsp3) is 0.889. The molecule has 13 heavy (non-hydrogen) atoms. The van der Waals surface area contributed by atoms with Crippen LogP contribution in [0.3, 0.4) is 0 Å². The highest BCUT2D eigenvalue weighted by atomic mass is 16.1. The third-order valence-corrected chi connectivity index (χ3v) is 2.50. The van der Waals surface area contributed by atoms with Crippen molar-refractivity contribution in [3.05, 3.63) is 0 Å². The minimum absolute atomic E-state index is 0.419. The van der Waals surface area contributed by atoms with Gasteiger partial charge in [-0.25, -0.2) is 0 Å². The van der Waals surface area contributed by atoms with E-state index in [0.29, 0.717) is 12.5 Å². The van der Waals surface area contributed by atoms with Crippen LogP contribution in [-0.2, 0) is 4.79 Å². The van der Waals surface area contributed by atoms with Crippen LogP contribution in [0.15, 0.2) is 0 Å². The topological polar surface area (TPSA) is 72.3 Å². The molecule has 0 aliphatic carbocycles. The fourth-order valence-electron chi connectivity index (χ4n) is 1.02. The van der Waals surface area contributed by atoms with Crippen LogP contribution in [0.2, 0.25) is 0 Å². The normalized spacial score (nSPS) is 15.8. The van der Waals surface area contributed by atoms with Crippen LogP contribution in [0, 0.1) is 0 Å². The van der Waals surface area contributed by atoms with Crippen LogP contribution in [0.1, 0.15) is 26.7 Å². The number of hydrogen-bond acceptors (Lipinski definition) is 3. The highest BCUT2D eigenvalue weighted by Crippen LogP contribution is 2.01. The molecule has 2 atom stereocenters. The Morgan fingerprint density at radius 3 is 2.46 bits per heavy atom. The lowest BCUT2D eigenvalue weighted by Crippen LogP contribution is -2.40. The molecule has 4 N–H and O–H groups in total. The third kappa shape index (κ3) is 4.85. The van der Waals surface area contributed by atoms with Crippen molar-refractivity contribution in [1.29, 1.82) is 0 Å². The summed E-state index contributed by atoms with van der Waals surface area (Å²) in [6.45, 7) is 5.10. The van der Waals surface area contributed by atoms with Gasteiger partial charge in [-0.1, -0.05) is 6.92 Å².